The van der Waals surface area contributed by atoms with Crippen molar-refractivity contribution in [2.45, 2.75) is 18.7 Å². The van der Waals surface area contributed by atoms with Crippen molar-refractivity contribution in [3.63, 3.8) is 0 Å². The number of hydrogen-bond acceptors (Lipinski definition) is 6. The van der Waals surface area contributed by atoms with E-state index >= 15 is 0 Å². The molecule has 0 amide bonds. The van der Waals surface area contributed by atoms with Crippen LogP contribution in [0.25, 0.3) is 21.8 Å². The molecule has 4 rings (SSSR count). The van der Waals surface area contributed by atoms with Crippen LogP contribution < -0.4 is 11.5 Å². The van der Waals surface area contributed by atoms with Gasteiger partial charge in [-0.1, -0.05) is 12.1 Å². The van der Waals surface area contributed by atoms with Crippen LogP contribution in [0.5, 0.6) is 0 Å². The first-order chi connectivity index (χ1) is 12.3. The van der Waals surface area contributed by atoms with Gasteiger partial charge in [-0.05, 0) is 49.2 Å². The zero-order valence-electron chi connectivity index (χ0n) is 14.3. The minimum Gasteiger partial charge on any atom is -0.383 e. The molecule has 0 saturated heterocycles. The summed E-state index contributed by atoms with van der Waals surface area (Å²) >= 11 is 0. The Balaban J connectivity index is 2.04. The van der Waals surface area contributed by atoms with Crippen LogP contribution in [0.1, 0.15) is 11.1 Å². The number of nitrogens with zero attached hydrogens (tertiary/aromatic N) is 3. The maximum Gasteiger partial charge on any atom is 0.268 e. The van der Waals surface area contributed by atoms with Gasteiger partial charge in [-0.15, -0.1) is 0 Å². The molecule has 0 aliphatic rings. The van der Waals surface area contributed by atoms with Crippen LogP contribution in [-0.2, 0) is 10.0 Å². The van der Waals surface area contributed by atoms with Crippen molar-refractivity contribution in [2.75, 3.05) is 11.5 Å². The maximum atomic E-state index is 13.2. The van der Waals surface area contributed by atoms with Crippen LogP contribution in [0, 0.1) is 13.8 Å². The van der Waals surface area contributed by atoms with Crippen molar-refractivity contribution in [1.82, 2.24) is 13.9 Å². The molecule has 0 aliphatic heterocycles. The van der Waals surface area contributed by atoms with Crippen molar-refractivity contribution in [1.29, 1.82) is 0 Å². The van der Waals surface area contributed by atoms with Gasteiger partial charge in [0.25, 0.3) is 10.0 Å². The van der Waals surface area contributed by atoms with E-state index in [0.717, 1.165) is 5.56 Å². The van der Waals surface area contributed by atoms with Crippen LogP contribution in [-0.4, -0.2) is 22.4 Å². The topological polar surface area (TPSA) is 117 Å². The Morgan fingerprint density at radius 3 is 2.54 bits per heavy atom. The highest BCUT2D eigenvalue weighted by Gasteiger charge is 2.22. The monoisotopic (exact) mass is 367 g/mol. The second kappa shape index (κ2) is 5.43. The molecule has 4 N–H and O–H groups in total. The summed E-state index contributed by atoms with van der Waals surface area (Å²) in [4.78, 5) is 8.44. The average molecular weight is 367 g/mol. The quantitative estimate of drug-likeness (QED) is 0.562. The third kappa shape index (κ3) is 2.30. The summed E-state index contributed by atoms with van der Waals surface area (Å²) < 4.78 is 27.7. The van der Waals surface area contributed by atoms with Crippen LogP contribution in [0.2, 0.25) is 0 Å². The molecule has 0 radical (unpaired) electrons. The summed E-state index contributed by atoms with van der Waals surface area (Å²) in [7, 11) is -3.75. The molecule has 0 spiro atoms. The molecule has 0 unspecified atom stereocenters. The minimum absolute atomic E-state index is 0.0804. The number of rotatable bonds is 2. The van der Waals surface area contributed by atoms with Crippen molar-refractivity contribution in [3.05, 3.63) is 53.7 Å². The molecule has 2 heterocycles. The van der Waals surface area contributed by atoms with E-state index in [1.54, 1.807) is 37.3 Å². The number of aromatic nitrogens is 3. The molecule has 26 heavy (non-hydrogen) atoms. The van der Waals surface area contributed by atoms with Gasteiger partial charge < -0.3 is 11.5 Å². The van der Waals surface area contributed by atoms with Gasteiger partial charge in [0.15, 0.2) is 0 Å². The summed E-state index contributed by atoms with van der Waals surface area (Å²) in [5.74, 6) is 0.303. The standard InChI is InChI=1S/C18H17N5O2S/c1-10-3-4-11(2)15(9-10)26(24,25)23-8-7-12-14(23)6-5-13-16(12)17(19)22-18(20)21-13/h3-9H,1-2H3,(H4,19,20,21,22). The van der Waals surface area contributed by atoms with Crippen LogP contribution in [0.3, 0.4) is 0 Å². The van der Waals surface area contributed by atoms with Gasteiger partial charge in [0.1, 0.15) is 5.82 Å². The number of hydrogen-bond donors (Lipinski definition) is 2. The second-order valence-electron chi connectivity index (χ2n) is 6.25. The molecule has 0 fully saturated rings. The SMILES string of the molecule is Cc1ccc(C)c(S(=O)(=O)n2ccc3c4c(N)nc(N)nc4ccc32)c1. The molecule has 0 saturated carbocycles. The molecule has 2 aromatic heterocycles. The highest BCUT2D eigenvalue weighted by Crippen LogP contribution is 2.31. The zero-order valence-corrected chi connectivity index (χ0v) is 15.1. The molecule has 7 nitrogen and oxygen atoms in total. The van der Waals surface area contributed by atoms with Crippen LogP contribution >= 0.6 is 0 Å². The Morgan fingerprint density at radius 1 is 1.00 bits per heavy atom. The molecule has 2 aromatic carbocycles. The van der Waals surface area contributed by atoms with E-state index in [0.29, 0.717) is 27.4 Å². The van der Waals surface area contributed by atoms with Gasteiger partial charge in [-0.2, -0.15) is 4.98 Å². The lowest BCUT2D eigenvalue weighted by Gasteiger charge is -2.11. The number of aryl methyl sites for hydroxylation is 2. The fraction of sp³-hybridized carbons (Fsp3) is 0.111. The lowest BCUT2D eigenvalue weighted by atomic mass is 10.1. The van der Waals surface area contributed by atoms with E-state index in [2.05, 4.69) is 9.97 Å². The van der Waals surface area contributed by atoms with Gasteiger partial charge in [-0.3, -0.25) is 0 Å². The number of benzene rings is 2. The van der Waals surface area contributed by atoms with Gasteiger partial charge >= 0.3 is 0 Å². The predicted octanol–water partition coefficient (Wildman–Crippen LogP) is 2.60. The van der Waals surface area contributed by atoms with E-state index in [9.17, 15) is 8.42 Å². The molecular formula is C18H17N5O2S. The van der Waals surface area contributed by atoms with Crippen LogP contribution in [0.4, 0.5) is 11.8 Å². The Kier molecular flexibility index (Phi) is 3.42. The summed E-state index contributed by atoms with van der Waals surface area (Å²) in [5.41, 5.74) is 14.3. The third-order valence-corrected chi connectivity index (χ3v) is 6.25. The summed E-state index contributed by atoms with van der Waals surface area (Å²) in [6, 6.07) is 10.5. The minimum atomic E-state index is -3.75. The van der Waals surface area contributed by atoms with Crippen molar-refractivity contribution < 1.29 is 8.42 Å². The van der Waals surface area contributed by atoms with Gasteiger partial charge in [0.05, 0.1) is 21.3 Å². The fourth-order valence-electron chi connectivity index (χ4n) is 3.17. The van der Waals surface area contributed by atoms with E-state index in [-0.39, 0.29) is 16.7 Å². The second-order valence-corrected chi connectivity index (χ2v) is 8.03. The number of fused-ring (bicyclic) bond motifs is 3. The molecule has 132 valence electrons. The van der Waals surface area contributed by atoms with Crippen molar-refractivity contribution in [3.8, 4) is 0 Å². The molecule has 4 aromatic rings. The molecule has 0 atom stereocenters. The molecule has 0 aliphatic carbocycles. The van der Waals surface area contributed by atoms with E-state index < -0.39 is 10.0 Å². The molecule has 0 bridgehead atoms. The van der Waals surface area contributed by atoms with Gasteiger partial charge in [-0.25, -0.2) is 17.4 Å². The first-order valence-corrected chi connectivity index (χ1v) is 9.38. The third-order valence-electron chi connectivity index (χ3n) is 4.42. The highest BCUT2D eigenvalue weighted by atomic mass is 32.2. The lowest BCUT2D eigenvalue weighted by Crippen LogP contribution is -2.13. The maximum absolute atomic E-state index is 13.2. The lowest BCUT2D eigenvalue weighted by molar-refractivity contribution is 0.588. The largest absolute Gasteiger partial charge is 0.383 e. The number of nitrogens with two attached hydrogens (primary N) is 2. The average Bonchev–Trinajstić information content (AvgIpc) is 3.01. The predicted molar refractivity (Wildman–Crippen MR) is 102 cm³/mol. The Bertz CT molecular complexity index is 1290. The first kappa shape index (κ1) is 16.3. The number of anilines is 2. The fourth-order valence-corrected chi connectivity index (χ4v) is 4.83. The normalized spacial score (nSPS) is 12.1. The van der Waals surface area contributed by atoms with Gasteiger partial charge in [0, 0.05) is 11.6 Å². The van der Waals surface area contributed by atoms with Crippen molar-refractivity contribution in [2.24, 2.45) is 0 Å². The summed E-state index contributed by atoms with van der Waals surface area (Å²) in [5, 5.41) is 1.25. The zero-order chi connectivity index (χ0) is 18.6. The van der Waals surface area contributed by atoms with Gasteiger partial charge in [0.2, 0.25) is 5.95 Å². The molecule has 8 heteroatoms. The summed E-state index contributed by atoms with van der Waals surface area (Å²) in [6.45, 7) is 3.64. The van der Waals surface area contributed by atoms with E-state index in [4.69, 9.17) is 11.5 Å². The number of nitrogen functional groups attached to an aromatic ring is 2. The first-order valence-electron chi connectivity index (χ1n) is 7.94. The van der Waals surface area contributed by atoms with E-state index in [1.807, 2.05) is 13.0 Å². The van der Waals surface area contributed by atoms with Crippen LogP contribution in [0.15, 0.2) is 47.5 Å². The Morgan fingerprint density at radius 2 is 1.77 bits per heavy atom. The molecular weight excluding hydrogens is 350 g/mol. The van der Waals surface area contributed by atoms with E-state index in [1.165, 1.54) is 10.2 Å². The highest BCUT2D eigenvalue weighted by molar-refractivity contribution is 7.90. The van der Waals surface area contributed by atoms with Crippen molar-refractivity contribution >= 4 is 43.6 Å². The Labute approximate surface area is 150 Å². The Hall–Kier alpha value is -3.13. The smallest absolute Gasteiger partial charge is 0.268 e. The summed E-state index contributed by atoms with van der Waals surface area (Å²) in [6.07, 6.45) is 1.52.